The molecule has 1 aromatic rings. The summed E-state index contributed by atoms with van der Waals surface area (Å²) < 4.78 is 0. The van der Waals surface area contributed by atoms with Crippen LogP contribution in [0.15, 0.2) is 18.2 Å². The number of nitrogens with two attached hydrogens (primary N) is 1. The van der Waals surface area contributed by atoms with Crippen LogP contribution >= 0.6 is 11.8 Å². The minimum Gasteiger partial charge on any atom is -0.398 e. The van der Waals surface area contributed by atoms with Crippen LogP contribution < -0.4 is 11.1 Å². The topological polar surface area (TPSA) is 55.1 Å². The average molecular weight is 248 g/mol. The highest BCUT2D eigenvalue weighted by Gasteiger charge is 2.11. The van der Waals surface area contributed by atoms with Crippen molar-refractivity contribution in [3.63, 3.8) is 0 Å². The molecular weight excluding hydrogens is 232 g/mol. The van der Waals surface area contributed by atoms with E-state index in [0.29, 0.717) is 23.5 Å². The van der Waals surface area contributed by atoms with E-state index < -0.39 is 0 Å². The molecule has 1 rings (SSSR count). The first-order valence-electron chi connectivity index (χ1n) is 5.31. The Labute approximate surface area is 106 Å². The van der Waals surface area contributed by atoms with Gasteiger partial charge < -0.3 is 11.1 Å². The van der Waals surface area contributed by atoms with E-state index in [1.165, 1.54) is 0 Å². The normalized spacial score (nSPS) is 9.65. The Morgan fingerprint density at radius 2 is 2.35 bits per heavy atom. The molecule has 90 valence electrons. The summed E-state index contributed by atoms with van der Waals surface area (Å²) in [5.74, 6) is 3.89. The van der Waals surface area contributed by atoms with E-state index >= 15 is 0 Å². The van der Waals surface area contributed by atoms with Crippen LogP contribution in [-0.2, 0) is 0 Å². The second-order valence-corrected chi connectivity index (χ2v) is 4.66. The van der Waals surface area contributed by atoms with Crippen molar-refractivity contribution in [2.24, 2.45) is 0 Å². The third-order valence-electron chi connectivity index (χ3n) is 2.25. The van der Waals surface area contributed by atoms with Crippen LogP contribution in [0.3, 0.4) is 0 Å². The number of aryl methyl sites for hydroxylation is 1. The Bertz CT molecular complexity index is 417. The molecule has 17 heavy (non-hydrogen) atoms. The Kier molecular flexibility index (Phi) is 5.44. The van der Waals surface area contributed by atoms with Gasteiger partial charge in [-0.25, -0.2) is 0 Å². The predicted molar refractivity (Wildman–Crippen MR) is 74.1 cm³/mol. The fourth-order valence-electron chi connectivity index (χ4n) is 1.46. The highest BCUT2D eigenvalue weighted by atomic mass is 32.2. The summed E-state index contributed by atoms with van der Waals surface area (Å²) in [4.78, 5) is 11.9. The van der Waals surface area contributed by atoms with Gasteiger partial charge in [0.15, 0.2) is 0 Å². The van der Waals surface area contributed by atoms with Gasteiger partial charge in [-0.05, 0) is 18.6 Å². The summed E-state index contributed by atoms with van der Waals surface area (Å²) in [5, 5.41) is 2.83. The fourth-order valence-corrected chi connectivity index (χ4v) is 1.97. The van der Waals surface area contributed by atoms with Gasteiger partial charge >= 0.3 is 0 Å². The molecule has 4 heteroatoms. The lowest BCUT2D eigenvalue weighted by molar-refractivity contribution is 0.0956. The van der Waals surface area contributed by atoms with E-state index in [-0.39, 0.29) is 5.91 Å². The number of thioether (sulfide) groups is 1. The third-order valence-corrected chi connectivity index (χ3v) is 3.11. The molecule has 0 unspecified atom stereocenters. The van der Waals surface area contributed by atoms with Gasteiger partial charge in [0.1, 0.15) is 0 Å². The largest absolute Gasteiger partial charge is 0.398 e. The van der Waals surface area contributed by atoms with Crippen LogP contribution in [0.25, 0.3) is 0 Å². The molecule has 1 aromatic carbocycles. The molecular formula is C13H16N2OS. The second-order valence-electron chi connectivity index (χ2n) is 3.55. The zero-order chi connectivity index (χ0) is 12.7. The first-order valence-corrected chi connectivity index (χ1v) is 6.46. The molecule has 0 spiro atoms. The van der Waals surface area contributed by atoms with E-state index in [0.717, 1.165) is 11.3 Å². The number of carbonyl (C=O) groups excluding carboxylic acids is 1. The van der Waals surface area contributed by atoms with Crippen molar-refractivity contribution >= 4 is 23.4 Å². The minimum atomic E-state index is -0.123. The van der Waals surface area contributed by atoms with Gasteiger partial charge in [0.05, 0.1) is 11.3 Å². The number of carbonyl (C=O) groups is 1. The Hall–Kier alpha value is -1.60. The van der Waals surface area contributed by atoms with E-state index in [1.54, 1.807) is 17.8 Å². The van der Waals surface area contributed by atoms with E-state index in [4.69, 9.17) is 12.2 Å². The SMILES string of the molecule is C#CCSCCNC(=O)c1c(C)cccc1N. The van der Waals surface area contributed by atoms with Crippen LogP contribution in [0, 0.1) is 19.3 Å². The van der Waals surface area contributed by atoms with Gasteiger partial charge in [-0.3, -0.25) is 4.79 Å². The monoisotopic (exact) mass is 248 g/mol. The Balaban J connectivity index is 2.51. The molecule has 0 aliphatic heterocycles. The predicted octanol–water partition coefficient (Wildman–Crippen LogP) is 1.67. The molecule has 0 bridgehead atoms. The van der Waals surface area contributed by atoms with Crippen molar-refractivity contribution in [1.29, 1.82) is 0 Å². The van der Waals surface area contributed by atoms with E-state index in [9.17, 15) is 4.79 Å². The van der Waals surface area contributed by atoms with Crippen molar-refractivity contribution < 1.29 is 4.79 Å². The van der Waals surface area contributed by atoms with Crippen LogP contribution in [0.2, 0.25) is 0 Å². The number of hydrogen-bond acceptors (Lipinski definition) is 3. The summed E-state index contributed by atoms with van der Waals surface area (Å²) in [5.41, 5.74) is 7.75. The molecule has 0 aromatic heterocycles. The number of nitrogens with one attached hydrogen (secondary N) is 1. The molecule has 0 atom stereocenters. The van der Waals surface area contributed by atoms with Crippen molar-refractivity contribution in [1.82, 2.24) is 5.32 Å². The number of terminal acetylenes is 1. The molecule has 3 N–H and O–H groups in total. The van der Waals surface area contributed by atoms with Gasteiger partial charge in [0.25, 0.3) is 5.91 Å². The van der Waals surface area contributed by atoms with Crippen LogP contribution in [0.1, 0.15) is 15.9 Å². The summed E-state index contributed by atoms with van der Waals surface area (Å²) in [6, 6.07) is 5.44. The van der Waals surface area contributed by atoms with Crippen LogP contribution in [0.4, 0.5) is 5.69 Å². The molecule has 1 amide bonds. The molecule has 0 aliphatic rings. The lowest BCUT2D eigenvalue weighted by Gasteiger charge is -2.09. The zero-order valence-corrected chi connectivity index (χ0v) is 10.6. The Morgan fingerprint density at radius 3 is 3.00 bits per heavy atom. The number of hydrogen-bond donors (Lipinski definition) is 2. The van der Waals surface area contributed by atoms with Crippen molar-refractivity contribution in [2.45, 2.75) is 6.92 Å². The quantitative estimate of drug-likeness (QED) is 0.473. The summed E-state index contributed by atoms with van der Waals surface area (Å²) in [7, 11) is 0. The van der Waals surface area contributed by atoms with Gasteiger partial charge in [-0.15, -0.1) is 18.2 Å². The number of anilines is 1. The fraction of sp³-hybridized carbons (Fsp3) is 0.308. The van der Waals surface area contributed by atoms with Gasteiger partial charge in [0.2, 0.25) is 0 Å². The zero-order valence-electron chi connectivity index (χ0n) is 9.82. The Morgan fingerprint density at radius 1 is 1.59 bits per heavy atom. The number of rotatable bonds is 5. The molecule has 0 radical (unpaired) electrons. The lowest BCUT2D eigenvalue weighted by Crippen LogP contribution is -2.27. The first kappa shape index (κ1) is 13.5. The van der Waals surface area contributed by atoms with E-state index in [1.807, 2.05) is 19.1 Å². The molecule has 0 aliphatic carbocycles. The smallest absolute Gasteiger partial charge is 0.253 e. The lowest BCUT2D eigenvalue weighted by atomic mass is 10.1. The number of nitrogen functional groups attached to an aromatic ring is 1. The highest BCUT2D eigenvalue weighted by Crippen LogP contribution is 2.15. The average Bonchev–Trinajstić information content (AvgIpc) is 2.28. The number of benzene rings is 1. The molecule has 0 fully saturated rings. The molecule has 0 saturated carbocycles. The van der Waals surface area contributed by atoms with Gasteiger partial charge in [-0.1, -0.05) is 18.1 Å². The maximum absolute atomic E-state index is 11.9. The van der Waals surface area contributed by atoms with E-state index in [2.05, 4.69) is 11.2 Å². The van der Waals surface area contributed by atoms with Crippen molar-refractivity contribution in [3.05, 3.63) is 29.3 Å². The molecule has 3 nitrogen and oxygen atoms in total. The van der Waals surface area contributed by atoms with Crippen LogP contribution in [-0.4, -0.2) is 24.0 Å². The minimum absolute atomic E-state index is 0.123. The summed E-state index contributed by atoms with van der Waals surface area (Å²) in [6.45, 7) is 2.47. The van der Waals surface area contributed by atoms with Crippen molar-refractivity contribution in [2.75, 3.05) is 23.8 Å². The van der Waals surface area contributed by atoms with Crippen LogP contribution in [0.5, 0.6) is 0 Å². The number of amides is 1. The standard InChI is InChI=1S/C13H16N2OS/c1-3-8-17-9-7-15-13(16)12-10(2)5-4-6-11(12)14/h1,4-6H,7-9,14H2,2H3,(H,15,16). The van der Waals surface area contributed by atoms with Gasteiger partial charge in [0, 0.05) is 18.0 Å². The van der Waals surface area contributed by atoms with Crippen molar-refractivity contribution in [3.8, 4) is 12.3 Å². The third kappa shape index (κ3) is 4.04. The summed E-state index contributed by atoms with van der Waals surface area (Å²) in [6.07, 6.45) is 5.13. The maximum Gasteiger partial charge on any atom is 0.253 e. The van der Waals surface area contributed by atoms with Gasteiger partial charge in [-0.2, -0.15) is 0 Å². The summed E-state index contributed by atoms with van der Waals surface area (Å²) >= 11 is 1.62. The second kappa shape index (κ2) is 6.87. The highest BCUT2D eigenvalue weighted by molar-refractivity contribution is 7.99. The maximum atomic E-state index is 11.9. The molecule has 0 heterocycles. The molecule has 0 saturated heterocycles. The first-order chi connectivity index (χ1) is 8.16.